The van der Waals surface area contributed by atoms with Crippen LogP contribution in [-0.2, 0) is 0 Å². The van der Waals surface area contributed by atoms with Crippen LogP contribution in [0.15, 0.2) is 291 Å². The molecule has 0 saturated carbocycles. The molecule has 0 fully saturated rings. The number of hydrogen-bond donors (Lipinski definition) is 0. The van der Waals surface area contributed by atoms with Crippen LogP contribution in [0.1, 0.15) is 66.8 Å². The molecule has 0 aliphatic carbocycles. The van der Waals surface area contributed by atoms with Crippen molar-refractivity contribution in [2.45, 2.75) is 41.5 Å². The van der Waals surface area contributed by atoms with Gasteiger partial charge >= 0.3 is 0 Å². The van der Waals surface area contributed by atoms with Gasteiger partial charge in [0.2, 0.25) is 0 Å². The van der Waals surface area contributed by atoms with Gasteiger partial charge in [-0.3, -0.25) is 0 Å². The Morgan fingerprint density at radius 3 is 0.330 bits per heavy atom. The molecule has 88 heavy (non-hydrogen) atoms. The molecule has 0 N–H and O–H groups in total. The summed E-state index contributed by atoms with van der Waals surface area (Å²) in [4.78, 5) is 9.27. The Hall–Kier alpha value is -10.9. The quantitative estimate of drug-likeness (QED) is 0.0794. The largest absolute Gasteiger partial charge is 0.311 e. The molecule has 0 atom stereocenters. The molecule has 0 aromatic heterocycles. The average molecular weight is 1140 g/mol. The van der Waals surface area contributed by atoms with Crippen LogP contribution >= 0.6 is 0 Å². The topological polar surface area (TPSA) is 13.0 Å². The van der Waals surface area contributed by atoms with Crippen molar-refractivity contribution in [1.82, 2.24) is 0 Å². The molecular formula is C84H72N4. The predicted molar refractivity (Wildman–Crippen MR) is 380 cm³/mol. The van der Waals surface area contributed by atoms with Gasteiger partial charge in [-0.05, 0) is 221 Å². The summed E-state index contributed by atoms with van der Waals surface area (Å²) in [6.07, 6.45) is 13.2. The third-order valence-corrected chi connectivity index (χ3v) is 16.1. The first kappa shape index (κ1) is 57.5. The molecule has 12 aromatic rings. The molecule has 12 rings (SSSR count). The summed E-state index contributed by atoms with van der Waals surface area (Å²) in [6.45, 7) is 12.8. The van der Waals surface area contributed by atoms with E-state index in [9.17, 15) is 0 Å². The number of anilines is 12. The molecule has 0 heterocycles. The van der Waals surface area contributed by atoms with E-state index in [-0.39, 0.29) is 0 Å². The standard InChI is InChI=1S/C84H72N4/c1-61-7-37-73(38-8-61)85(74-39-9-62(2)10-40-74)79-49-25-67(26-50-79)19-22-70-31-55-82(56-32-70)88(83-57-33-71(34-58-83)23-20-68-27-51-80(52-28-68)86(75-41-11-63(3)12-42-75)76-43-13-64(4)14-44-76)84-59-35-72(36-60-84)24-21-69-29-53-81(54-30-69)87(77-45-15-65(5)16-46-77)78-47-17-66(6)18-48-78/h7-60H,1-6H3. The molecule has 0 radical (unpaired) electrons. The Bertz CT molecular complexity index is 3720. The Kier molecular flexibility index (Phi) is 17.3. The molecule has 428 valence electrons. The Morgan fingerprint density at radius 1 is 0.136 bits per heavy atom. The van der Waals surface area contributed by atoms with E-state index >= 15 is 0 Å². The summed E-state index contributed by atoms with van der Waals surface area (Å²) in [6, 6.07) is 105. The zero-order valence-electron chi connectivity index (χ0n) is 51.0. The van der Waals surface area contributed by atoms with Crippen molar-refractivity contribution in [3.05, 3.63) is 358 Å². The summed E-state index contributed by atoms with van der Waals surface area (Å²) < 4.78 is 0. The number of nitrogens with zero attached hydrogens (tertiary/aromatic N) is 4. The average Bonchev–Trinajstić information content (AvgIpc) is 1.89. The van der Waals surface area contributed by atoms with Crippen LogP contribution in [0.25, 0.3) is 36.5 Å². The second kappa shape index (κ2) is 26.5. The molecule has 0 unspecified atom stereocenters. The number of rotatable bonds is 18. The van der Waals surface area contributed by atoms with E-state index < -0.39 is 0 Å². The third-order valence-electron chi connectivity index (χ3n) is 16.1. The molecule has 0 aliphatic rings. The first-order valence-electron chi connectivity index (χ1n) is 30.3. The summed E-state index contributed by atoms with van der Waals surface area (Å²) in [5.74, 6) is 0. The van der Waals surface area contributed by atoms with Crippen LogP contribution in [0.4, 0.5) is 68.2 Å². The monoisotopic (exact) mass is 1140 g/mol. The second-order valence-corrected chi connectivity index (χ2v) is 22.9. The van der Waals surface area contributed by atoms with Crippen LogP contribution in [0, 0.1) is 41.5 Å². The van der Waals surface area contributed by atoms with Gasteiger partial charge in [0.05, 0.1) is 0 Å². The highest BCUT2D eigenvalue weighted by molar-refractivity contribution is 5.84. The van der Waals surface area contributed by atoms with E-state index in [4.69, 9.17) is 0 Å². The van der Waals surface area contributed by atoms with Crippen molar-refractivity contribution in [1.29, 1.82) is 0 Å². The lowest BCUT2D eigenvalue weighted by molar-refractivity contribution is 1.27. The maximum Gasteiger partial charge on any atom is 0.0462 e. The zero-order chi connectivity index (χ0) is 60.3. The molecule has 0 saturated heterocycles. The van der Waals surface area contributed by atoms with Crippen LogP contribution in [0.2, 0.25) is 0 Å². The van der Waals surface area contributed by atoms with Crippen molar-refractivity contribution in [3.8, 4) is 0 Å². The summed E-state index contributed by atoms with van der Waals surface area (Å²) in [7, 11) is 0. The highest BCUT2D eigenvalue weighted by Gasteiger charge is 2.17. The molecule has 0 spiro atoms. The van der Waals surface area contributed by atoms with Crippen molar-refractivity contribution < 1.29 is 0 Å². The highest BCUT2D eigenvalue weighted by atomic mass is 15.2. The van der Waals surface area contributed by atoms with Gasteiger partial charge in [-0.2, -0.15) is 0 Å². The van der Waals surface area contributed by atoms with Crippen molar-refractivity contribution in [2.75, 3.05) is 19.6 Å². The molecule has 0 bridgehead atoms. The van der Waals surface area contributed by atoms with E-state index in [1.54, 1.807) is 0 Å². The van der Waals surface area contributed by atoms with Gasteiger partial charge in [-0.1, -0.05) is 215 Å². The minimum atomic E-state index is 1.07. The molecular weight excluding hydrogens is 1060 g/mol. The highest BCUT2D eigenvalue weighted by Crippen LogP contribution is 2.40. The first-order valence-corrected chi connectivity index (χ1v) is 30.3. The van der Waals surface area contributed by atoms with Gasteiger partial charge in [0.1, 0.15) is 0 Å². The van der Waals surface area contributed by atoms with E-state index in [1.165, 1.54) is 33.4 Å². The zero-order valence-corrected chi connectivity index (χ0v) is 51.0. The van der Waals surface area contributed by atoms with Crippen molar-refractivity contribution in [3.63, 3.8) is 0 Å². The first-order chi connectivity index (χ1) is 43.0. The van der Waals surface area contributed by atoms with Crippen LogP contribution < -0.4 is 19.6 Å². The maximum atomic E-state index is 2.33. The fraction of sp³-hybridized carbons (Fsp3) is 0.0714. The third kappa shape index (κ3) is 13.9. The fourth-order valence-corrected chi connectivity index (χ4v) is 10.9. The summed E-state index contributed by atoms with van der Waals surface area (Å²) >= 11 is 0. The van der Waals surface area contributed by atoms with Crippen LogP contribution in [0.3, 0.4) is 0 Å². The normalized spacial score (nSPS) is 11.4. The van der Waals surface area contributed by atoms with Crippen LogP contribution in [-0.4, -0.2) is 0 Å². The number of hydrogen-bond acceptors (Lipinski definition) is 4. The molecule has 0 amide bonds. The minimum Gasteiger partial charge on any atom is -0.311 e. The molecule has 12 aromatic carbocycles. The Labute approximate surface area is 520 Å². The molecule has 0 aliphatic heterocycles. The lowest BCUT2D eigenvalue weighted by Gasteiger charge is -2.26. The van der Waals surface area contributed by atoms with Crippen LogP contribution in [0.5, 0.6) is 0 Å². The van der Waals surface area contributed by atoms with Gasteiger partial charge in [0.25, 0.3) is 0 Å². The lowest BCUT2D eigenvalue weighted by atomic mass is 10.1. The fourth-order valence-electron chi connectivity index (χ4n) is 10.9. The lowest BCUT2D eigenvalue weighted by Crippen LogP contribution is -2.10. The predicted octanol–water partition coefficient (Wildman–Crippen LogP) is 23.9. The van der Waals surface area contributed by atoms with Gasteiger partial charge in [0, 0.05) is 68.2 Å². The van der Waals surface area contributed by atoms with Crippen molar-refractivity contribution >= 4 is 105 Å². The second-order valence-electron chi connectivity index (χ2n) is 22.9. The van der Waals surface area contributed by atoms with Gasteiger partial charge < -0.3 is 19.6 Å². The van der Waals surface area contributed by atoms with E-state index in [2.05, 4.69) is 389 Å². The Balaban J connectivity index is 0.790. The smallest absolute Gasteiger partial charge is 0.0462 e. The molecule has 4 nitrogen and oxygen atoms in total. The van der Waals surface area contributed by atoms with Gasteiger partial charge in [-0.25, -0.2) is 0 Å². The SMILES string of the molecule is Cc1ccc(N(c2ccc(C)cc2)c2ccc(C=Cc3ccc(N(c4ccc(C=Cc5ccc(N(c6ccc(C)cc6)c6ccc(C)cc6)cc5)cc4)c4ccc(C=Cc5ccc(N(c6ccc(C)cc6)c6ccc(C)cc6)cc5)cc4)cc3)cc2)cc1. The van der Waals surface area contributed by atoms with E-state index in [0.717, 1.165) is 102 Å². The van der Waals surface area contributed by atoms with Gasteiger partial charge in [0.15, 0.2) is 0 Å². The molecule has 4 heteroatoms. The minimum absolute atomic E-state index is 1.07. The maximum absolute atomic E-state index is 2.33. The van der Waals surface area contributed by atoms with E-state index in [1.807, 2.05) is 0 Å². The number of aryl methyl sites for hydroxylation is 6. The number of benzene rings is 12. The van der Waals surface area contributed by atoms with Crippen molar-refractivity contribution in [2.24, 2.45) is 0 Å². The Morgan fingerprint density at radius 2 is 0.227 bits per heavy atom. The summed E-state index contributed by atoms with van der Waals surface area (Å²) in [5.41, 5.74) is 27.5. The van der Waals surface area contributed by atoms with E-state index in [0.29, 0.717) is 0 Å². The summed E-state index contributed by atoms with van der Waals surface area (Å²) in [5, 5.41) is 0. The van der Waals surface area contributed by atoms with Gasteiger partial charge in [-0.15, -0.1) is 0 Å².